The summed E-state index contributed by atoms with van der Waals surface area (Å²) in [7, 11) is 3.07. The number of benzene rings is 1. The number of ether oxygens (including phenoxy) is 2. The fourth-order valence-corrected chi connectivity index (χ4v) is 2.00. The van der Waals surface area contributed by atoms with Gasteiger partial charge in [-0.15, -0.1) is 0 Å². The molecule has 0 aliphatic heterocycles. The van der Waals surface area contributed by atoms with Gasteiger partial charge >= 0.3 is 5.97 Å². The van der Waals surface area contributed by atoms with Crippen LogP contribution >= 0.6 is 0 Å². The summed E-state index contributed by atoms with van der Waals surface area (Å²) in [4.78, 5) is 11.3. The molecule has 112 valence electrons. The third-order valence-corrected chi connectivity index (χ3v) is 3.00. The average molecular weight is 292 g/mol. The monoisotopic (exact) mass is 292 g/mol. The van der Waals surface area contributed by atoms with Crippen LogP contribution in [0, 0.1) is 6.92 Å². The van der Waals surface area contributed by atoms with E-state index < -0.39 is 5.97 Å². The van der Waals surface area contributed by atoms with Crippen molar-refractivity contribution >= 4 is 5.97 Å². The quantitative estimate of drug-likeness (QED) is 0.871. The van der Waals surface area contributed by atoms with E-state index in [2.05, 4.69) is 5.10 Å². The highest BCUT2D eigenvalue weighted by Gasteiger charge is 2.22. The number of aromatic carboxylic acids is 1. The molecule has 2 rings (SSSR count). The molecular weight excluding hydrogens is 276 g/mol. The van der Waals surface area contributed by atoms with Crippen LogP contribution in [0.25, 0.3) is 0 Å². The number of hydrogen-bond acceptors (Lipinski definition) is 5. The number of hydrogen-bond donors (Lipinski definition) is 2. The van der Waals surface area contributed by atoms with Gasteiger partial charge in [-0.25, -0.2) is 9.48 Å². The number of aromatic nitrogens is 2. The van der Waals surface area contributed by atoms with Crippen molar-refractivity contribution in [2.24, 2.45) is 7.05 Å². The smallest absolute Gasteiger partial charge is 0.343 e. The lowest BCUT2D eigenvalue weighted by Gasteiger charge is -2.12. The summed E-state index contributed by atoms with van der Waals surface area (Å²) >= 11 is 0. The summed E-state index contributed by atoms with van der Waals surface area (Å²) < 4.78 is 12.2. The van der Waals surface area contributed by atoms with Crippen LogP contribution in [0.2, 0.25) is 0 Å². The van der Waals surface area contributed by atoms with Gasteiger partial charge in [0, 0.05) is 7.05 Å². The van der Waals surface area contributed by atoms with Crippen molar-refractivity contribution in [3.8, 4) is 17.4 Å². The molecule has 0 bridgehead atoms. The highest BCUT2D eigenvalue weighted by Crippen LogP contribution is 2.34. The summed E-state index contributed by atoms with van der Waals surface area (Å²) in [6.45, 7) is 1.48. The van der Waals surface area contributed by atoms with Crippen molar-refractivity contribution < 1.29 is 24.5 Å². The van der Waals surface area contributed by atoms with Gasteiger partial charge in [0.2, 0.25) is 5.88 Å². The Kier molecular flexibility index (Phi) is 4.13. The van der Waals surface area contributed by atoms with Crippen LogP contribution in [0.4, 0.5) is 0 Å². The molecule has 0 aliphatic rings. The molecule has 0 fully saturated rings. The minimum absolute atomic E-state index is 0.00536. The predicted molar refractivity (Wildman–Crippen MR) is 73.9 cm³/mol. The van der Waals surface area contributed by atoms with E-state index in [9.17, 15) is 9.90 Å². The third kappa shape index (κ3) is 2.82. The standard InChI is InChI=1S/C14H16N2O5/c1-8-12(14(18)19)13(16(2)15-8)21-10-5-4-9(7-17)6-11(10)20-3/h4-6,17H,7H2,1-3H3,(H,18,19). The first-order valence-corrected chi connectivity index (χ1v) is 6.20. The van der Waals surface area contributed by atoms with E-state index in [1.165, 1.54) is 11.8 Å². The van der Waals surface area contributed by atoms with Gasteiger partial charge in [0.15, 0.2) is 11.5 Å². The molecule has 0 saturated heterocycles. The van der Waals surface area contributed by atoms with Gasteiger partial charge in [-0.3, -0.25) is 0 Å². The molecule has 21 heavy (non-hydrogen) atoms. The Bertz CT molecular complexity index is 678. The Balaban J connectivity index is 2.45. The molecule has 0 spiro atoms. The molecule has 2 aromatic rings. The maximum absolute atomic E-state index is 11.3. The predicted octanol–water partition coefficient (Wildman–Crippen LogP) is 1.72. The van der Waals surface area contributed by atoms with Crippen molar-refractivity contribution in [2.45, 2.75) is 13.5 Å². The number of aryl methyl sites for hydroxylation is 2. The van der Waals surface area contributed by atoms with E-state index in [0.29, 0.717) is 22.8 Å². The lowest BCUT2D eigenvalue weighted by atomic mass is 10.2. The zero-order chi connectivity index (χ0) is 15.6. The first-order valence-electron chi connectivity index (χ1n) is 6.20. The summed E-state index contributed by atoms with van der Waals surface area (Å²) in [5, 5.41) is 22.4. The Morgan fingerprint density at radius 2 is 2.10 bits per heavy atom. The lowest BCUT2D eigenvalue weighted by molar-refractivity contribution is 0.0693. The van der Waals surface area contributed by atoms with E-state index in [4.69, 9.17) is 14.6 Å². The molecule has 7 nitrogen and oxygen atoms in total. The first kappa shape index (κ1) is 14.9. The molecule has 1 aromatic carbocycles. The van der Waals surface area contributed by atoms with Gasteiger partial charge in [0.25, 0.3) is 0 Å². The topological polar surface area (TPSA) is 93.8 Å². The van der Waals surface area contributed by atoms with Crippen molar-refractivity contribution in [3.05, 3.63) is 35.0 Å². The van der Waals surface area contributed by atoms with E-state index in [1.54, 1.807) is 32.2 Å². The van der Waals surface area contributed by atoms with Crippen molar-refractivity contribution in [1.82, 2.24) is 9.78 Å². The third-order valence-electron chi connectivity index (χ3n) is 3.00. The normalized spacial score (nSPS) is 10.5. The highest BCUT2D eigenvalue weighted by atomic mass is 16.5. The summed E-state index contributed by atoms with van der Waals surface area (Å²) in [6, 6.07) is 4.90. The van der Waals surface area contributed by atoms with Crippen LogP contribution in [0.15, 0.2) is 18.2 Å². The minimum atomic E-state index is -1.11. The number of carboxylic acid groups (broad SMARTS) is 1. The second-order valence-electron chi connectivity index (χ2n) is 4.44. The van der Waals surface area contributed by atoms with Crippen molar-refractivity contribution in [1.29, 1.82) is 0 Å². The van der Waals surface area contributed by atoms with Crippen molar-refractivity contribution in [2.75, 3.05) is 7.11 Å². The molecule has 1 aromatic heterocycles. The maximum atomic E-state index is 11.3. The molecule has 2 N–H and O–H groups in total. The number of rotatable bonds is 5. The van der Waals surface area contributed by atoms with Crippen LogP contribution in [0.5, 0.6) is 17.4 Å². The highest BCUT2D eigenvalue weighted by molar-refractivity contribution is 5.91. The summed E-state index contributed by atoms with van der Waals surface area (Å²) in [6.07, 6.45) is 0. The Labute approximate surface area is 121 Å². The summed E-state index contributed by atoms with van der Waals surface area (Å²) in [5.74, 6) is -0.242. The van der Waals surface area contributed by atoms with Gasteiger partial charge in [-0.1, -0.05) is 6.07 Å². The zero-order valence-electron chi connectivity index (χ0n) is 12.0. The number of carbonyl (C=O) groups is 1. The molecule has 0 aliphatic carbocycles. The second kappa shape index (κ2) is 5.84. The molecule has 0 unspecified atom stereocenters. The largest absolute Gasteiger partial charge is 0.493 e. The van der Waals surface area contributed by atoms with Gasteiger partial charge in [-0.2, -0.15) is 5.10 Å². The maximum Gasteiger partial charge on any atom is 0.343 e. The van der Waals surface area contributed by atoms with Crippen LogP contribution < -0.4 is 9.47 Å². The molecule has 0 amide bonds. The Morgan fingerprint density at radius 1 is 1.38 bits per heavy atom. The van der Waals surface area contributed by atoms with Gasteiger partial charge < -0.3 is 19.7 Å². The number of methoxy groups -OCH3 is 1. The number of aliphatic hydroxyl groups is 1. The SMILES string of the molecule is COc1cc(CO)ccc1Oc1c(C(=O)O)c(C)nn1C. The average Bonchev–Trinajstić information content (AvgIpc) is 2.73. The summed E-state index contributed by atoms with van der Waals surface area (Å²) in [5.41, 5.74) is 1.04. The van der Waals surface area contributed by atoms with Crippen molar-refractivity contribution in [3.63, 3.8) is 0 Å². The van der Waals surface area contributed by atoms with Gasteiger partial charge in [0.1, 0.15) is 5.56 Å². The van der Waals surface area contributed by atoms with E-state index in [-0.39, 0.29) is 18.1 Å². The minimum Gasteiger partial charge on any atom is -0.493 e. The molecule has 0 saturated carbocycles. The second-order valence-corrected chi connectivity index (χ2v) is 4.44. The van der Waals surface area contributed by atoms with Crippen LogP contribution in [0.3, 0.4) is 0 Å². The Morgan fingerprint density at radius 3 is 2.67 bits per heavy atom. The molecular formula is C14H16N2O5. The molecule has 0 atom stereocenters. The number of aliphatic hydroxyl groups excluding tert-OH is 1. The Hall–Kier alpha value is -2.54. The van der Waals surface area contributed by atoms with Gasteiger partial charge in [-0.05, 0) is 24.6 Å². The fourth-order valence-electron chi connectivity index (χ4n) is 2.00. The van der Waals surface area contributed by atoms with E-state index >= 15 is 0 Å². The molecule has 0 radical (unpaired) electrons. The lowest BCUT2D eigenvalue weighted by Crippen LogP contribution is -2.03. The number of carboxylic acids is 1. The molecule has 7 heteroatoms. The fraction of sp³-hybridized carbons (Fsp3) is 0.286. The van der Waals surface area contributed by atoms with Crippen LogP contribution in [-0.4, -0.2) is 33.1 Å². The van der Waals surface area contributed by atoms with E-state index in [1.807, 2.05) is 0 Å². The number of nitrogens with zero attached hydrogens (tertiary/aromatic N) is 2. The van der Waals surface area contributed by atoms with E-state index in [0.717, 1.165) is 0 Å². The van der Waals surface area contributed by atoms with Crippen LogP contribution in [-0.2, 0) is 13.7 Å². The molecule has 1 heterocycles. The van der Waals surface area contributed by atoms with Gasteiger partial charge in [0.05, 0.1) is 19.4 Å². The van der Waals surface area contributed by atoms with Crippen LogP contribution in [0.1, 0.15) is 21.6 Å². The zero-order valence-corrected chi connectivity index (χ0v) is 12.0. The first-order chi connectivity index (χ1) is 9.97.